The number of nitrogens with zero attached hydrogens (tertiary/aromatic N) is 2. The van der Waals surface area contributed by atoms with E-state index in [9.17, 15) is 4.79 Å². The third-order valence-electron chi connectivity index (χ3n) is 3.58. The van der Waals surface area contributed by atoms with Crippen LogP contribution in [-0.2, 0) is 18.3 Å². The summed E-state index contributed by atoms with van der Waals surface area (Å²) in [5.41, 5.74) is 9.21. The van der Waals surface area contributed by atoms with Crippen molar-refractivity contribution in [3.8, 4) is 0 Å². The number of aromatic nitrogens is 2. The molecule has 19 heavy (non-hydrogen) atoms. The Hall–Kier alpha value is -1.36. The monoisotopic (exact) mass is 266 g/mol. The van der Waals surface area contributed by atoms with Gasteiger partial charge in [-0.05, 0) is 38.7 Å². The Morgan fingerprint density at radius 2 is 1.95 bits per heavy atom. The topological polar surface area (TPSA) is 72.9 Å². The number of hydrogen-bond donors (Lipinski definition) is 2. The number of aryl methyl sites for hydroxylation is 2. The van der Waals surface area contributed by atoms with Crippen LogP contribution < -0.4 is 11.1 Å². The van der Waals surface area contributed by atoms with Gasteiger partial charge in [0.15, 0.2) is 0 Å². The molecule has 0 bridgehead atoms. The molecule has 1 unspecified atom stereocenters. The van der Waals surface area contributed by atoms with E-state index in [4.69, 9.17) is 5.73 Å². The highest BCUT2D eigenvalue weighted by Gasteiger charge is 2.20. The number of carbonyl (C=O) groups excluding carboxylic acids is 1. The fourth-order valence-corrected chi connectivity index (χ4v) is 2.11. The van der Waals surface area contributed by atoms with Crippen LogP contribution >= 0.6 is 0 Å². The van der Waals surface area contributed by atoms with Crippen molar-refractivity contribution in [2.45, 2.75) is 53.1 Å². The molecule has 0 spiro atoms. The minimum Gasteiger partial charge on any atom is -0.352 e. The summed E-state index contributed by atoms with van der Waals surface area (Å²) in [5.74, 6) is 0.0655. The first kappa shape index (κ1) is 15.7. The van der Waals surface area contributed by atoms with Crippen LogP contribution in [-0.4, -0.2) is 27.8 Å². The molecule has 0 saturated carbocycles. The molecule has 1 rings (SSSR count). The number of nitrogens with one attached hydrogen (secondary N) is 1. The van der Waals surface area contributed by atoms with Crippen molar-refractivity contribution < 1.29 is 4.79 Å². The third-order valence-corrected chi connectivity index (χ3v) is 3.58. The fourth-order valence-electron chi connectivity index (χ4n) is 2.11. The molecular formula is C14H26N4O. The molecule has 0 saturated heterocycles. The molecule has 1 aromatic heterocycles. The van der Waals surface area contributed by atoms with Crippen molar-refractivity contribution in [2.75, 3.05) is 0 Å². The van der Waals surface area contributed by atoms with Gasteiger partial charge in [-0.3, -0.25) is 9.48 Å². The highest BCUT2D eigenvalue weighted by Crippen LogP contribution is 2.14. The van der Waals surface area contributed by atoms with Gasteiger partial charge in [0.1, 0.15) is 0 Å². The second kappa shape index (κ2) is 6.19. The minimum atomic E-state index is -0.446. The first-order chi connectivity index (χ1) is 8.73. The zero-order valence-corrected chi connectivity index (χ0v) is 12.8. The summed E-state index contributed by atoms with van der Waals surface area (Å²) in [7, 11) is 1.93. The molecular weight excluding hydrogens is 240 g/mol. The lowest BCUT2D eigenvalue weighted by atomic mass is 10.0. The van der Waals surface area contributed by atoms with Crippen molar-refractivity contribution in [1.82, 2.24) is 15.1 Å². The van der Waals surface area contributed by atoms with Crippen molar-refractivity contribution >= 4 is 5.91 Å². The van der Waals surface area contributed by atoms with E-state index in [0.29, 0.717) is 0 Å². The summed E-state index contributed by atoms with van der Waals surface area (Å²) in [6, 6.07) is -0.391. The van der Waals surface area contributed by atoms with Crippen LogP contribution in [0.4, 0.5) is 0 Å². The van der Waals surface area contributed by atoms with Gasteiger partial charge in [0, 0.05) is 18.8 Å². The van der Waals surface area contributed by atoms with Crippen molar-refractivity contribution in [2.24, 2.45) is 18.7 Å². The quantitative estimate of drug-likeness (QED) is 0.837. The second-order valence-electron chi connectivity index (χ2n) is 5.66. The van der Waals surface area contributed by atoms with Crippen LogP contribution in [0, 0.1) is 19.8 Å². The molecule has 108 valence electrons. The van der Waals surface area contributed by atoms with Crippen LogP contribution in [0.1, 0.15) is 37.7 Å². The van der Waals surface area contributed by atoms with E-state index in [1.54, 1.807) is 0 Å². The molecule has 5 heteroatoms. The van der Waals surface area contributed by atoms with Crippen LogP contribution in [0.5, 0.6) is 0 Å². The number of carbonyl (C=O) groups is 1. The zero-order valence-electron chi connectivity index (χ0n) is 12.8. The van der Waals surface area contributed by atoms with Crippen LogP contribution in [0.25, 0.3) is 0 Å². The standard InChI is InChI=1S/C14H26N4O/c1-8(2)13(15)14(19)16-9(3)7-12-10(4)17-18(6)11(12)5/h8-9,13H,7,15H2,1-6H3,(H,16,19)/t9?,13-/m0/s1. The van der Waals surface area contributed by atoms with Crippen LogP contribution in [0.15, 0.2) is 0 Å². The SMILES string of the molecule is Cc1nn(C)c(C)c1CC(C)NC(=O)[C@@H](N)C(C)C. The molecule has 0 fully saturated rings. The average Bonchev–Trinajstić information content (AvgIpc) is 2.54. The van der Waals surface area contributed by atoms with E-state index >= 15 is 0 Å². The average molecular weight is 266 g/mol. The van der Waals surface area contributed by atoms with E-state index in [-0.39, 0.29) is 17.9 Å². The highest BCUT2D eigenvalue weighted by molar-refractivity contribution is 5.82. The number of amides is 1. The molecule has 0 radical (unpaired) electrons. The first-order valence-corrected chi connectivity index (χ1v) is 6.79. The lowest BCUT2D eigenvalue weighted by Gasteiger charge is -2.19. The summed E-state index contributed by atoms with van der Waals surface area (Å²) >= 11 is 0. The molecule has 1 heterocycles. The first-order valence-electron chi connectivity index (χ1n) is 6.79. The van der Waals surface area contributed by atoms with Gasteiger partial charge in [0.2, 0.25) is 5.91 Å². The van der Waals surface area contributed by atoms with Gasteiger partial charge in [-0.1, -0.05) is 13.8 Å². The van der Waals surface area contributed by atoms with Gasteiger partial charge in [-0.2, -0.15) is 5.10 Å². The van der Waals surface area contributed by atoms with E-state index in [1.807, 2.05) is 46.3 Å². The molecule has 1 amide bonds. The molecule has 0 aliphatic carbocycles. The summed E-state index contributed by atoms with van der Waals surface area (Å²) in [6.07, 6.45) is 0.780. The van der Waals surface area contributed by atoms with Crippen LogP contribution in [0.3, 0.4) is 0 Å². The minimum absolute atomic E-state index is 0.0545. The van der Waals surface area contributed by atoms with Gasteiger partial charge < -0.3 is 11.1 Å². The van der Waals surface area contributed by atoms with Gasteiger partial charge >= 0.3 is 0 Å². The molecule has 1 aromatic rings. The Morgan fingerprint density at radius 1 is 1.37 bits per heavy atom. The smallest absolute Gasteiger partial charge is 0.237 e. The number of rotatable bonds is 5. The summed E-state index contributed by atoms with van der Waals surface area (Å²) in [4.78, 5) is 11.9. The predicted octanol–water partition coefficient (Wildman–Crippen LogP) is 1.07. The van der Waals surface area contributed by atoms with Gasteiger partial charge in [-0.15, -0.1) is 0 Å². The van der Waals surface area contributed by atoms with E-state index < -0.39 is 6.04 Å². The van der Waals surface area contributed by atoms with E-state index in [1.165, 1.54) is 5.56 Å². The lowest BCUT2D eigenvalue weighted by molar-refractivity contribution is -0.123. The Bertz CT molecular complexity index is 451. The Kier molecular flexibility index (Phi) is 5.11. The second-order valence-corrected chi connectivity index (χ2v) is 5.66. The third kappa shape index (κ3) is 3.80. The molecule has 0 aliphatic rings. The zero-order chi connectivity index (χ0) is 14.7. The van der Waals surface area contributed by atoms with Gasteiger partial charge in [-0.25, -0.2) is 0 Å². The molecule has 3 N–H and O–H groups in total. The molecule has 0 aromatic carbocycles. The largest absolute Gasteiger partial charge is 0.352 e. The van der Waals surface area contributed by atoms with E-state index in [2.05, 4.69) is 10.4 Å². The Morgan fingerprint density at radius 3 is 2.37 bits per heavy atom. The maximum absolute atomic E-state index is 11.9. The van der Waals surface area contributed by atoms with Crippen molar-refractivity contribution in [1.29, 1.82) is 0 Å². The summed E-state index contributed by atoms with van der Waals surface area (Å²) < 4.78 is 1.87. The predicted molar refractivity (Wildman–Crippen MR) is 76.8 cm³/mol. The Balaban J connectivity index is 2.65. The maximum atomic E-state index is 11.9. The molecule has 0 aliphatic heterocycles. The number of nitrogens with two attached hydrogens (primary N) is 1. The van der Waals surface area contributed by atoms with Crippen LogP contribution in [0.2, 0.25) is 0 Å². The Labute approximate surface area is 115 Å². The highest BCUT2D eigenvalue weighted by atomic mass is 16.2. The van der Waals surface area contributed by atoms with Crippen molar-refractivity contribution in [3.63, 3.8) is 0 Å². The van der Waals surface area contributed by atoms with E-state index in [0.717, 1.165) is 17.8 Å². The molecule has 5 nitrogen and oxygen atoms in total. The van der Waals surface area contributed by atoms with Gasteiger partial charge in [0.05, 0.1) is 11.7 Å². The molecule has 2 atom stereocenters. The van der Waals surface area contributed by atoms with Crippen molar-refractivity contribution in [3.05, 3.63) is 17.0 Å². The summed E-state index contributed by atoms with van der Waals surface area (Å²) in [5, 5.41) is 7.36. The number of hydrogen-bond acceptors (Lipinski definition) is 3. The fraction of sp³-hybridized carbons (Fsp3) is 0.714. The summed E-state index contributed by atoms with van der Waals surface area (Å²) in [6.45, 7) is 9.94. The lowest BCUT2D eigenvalue weighted by Crippen LogP contribution is -2.47. The normalized spacial score (nSPS) is 14.5. The maximum Gasteiger partial charge on any atom is 0.237 e. The van der Waals surface area contributed by atoms with Gasteiger partial charge in [0.25, 0.3) is 0 Å².